The summed E-state index contributed by atoms with van der Waals surface area (Å²) in [5.41, 5.74) is 0.738. The monoisotopic (exact) mass is 611 g/mol. The van der Waals surface area contributed by atoms with Crippen molar-refractivity contribution in [3.05, 3.63) is 49.6 Å². The molecule has 0 aliphatic carbocycles. The van der Waals surface area contributed by atoms with Gasteiger partial charge in [0.2, 0.25) is 17.7 Å². The van der Waals surface area contributed by atoms with E-state index in [1.165, 1.54) is 0 Å². The van der Waals surface area contributed by atoms with E-state index in [0.29, 0.717) is 45.6 Å². The van der Waals surface area contributed by atoms with E-state index in [1.807, 2.05) is 36.1 Å². The second-order valence-corrected chi connectivity index (χ2v) is 13.4. The molecule has 3 aliphatic rings. The van der Waals surface area contributed by atoms with E-state index < -0.39 is 22.6 Å². The Morgan fingerprint density at radius 1 is 1.07 bits per heavy atom. The number of unbranched alkanes of at least 4 members (excludes halogenated alkanes) is 4. The molecule has 0 radical (unpaired) electrons. The van der Waals surface area contributed by atoms with Crippen LogP contribution in [0.3, 0.4) is 0 Å². The normalized spacial score (nSPS) is 25.5. The third-order valence-electron chi connectivity index (χ3n) is 9.11. The maximum absolute atomic E-state index is 14.4. The summed E-state index contributed by atoms with van der Waals surface area (Å²) in [4.78, 5) is 48.7. The van der Waals surface area contributed by atoms with Crippen molar-refractivity contribution in [1.29, 1.82) is 0 Å². The van der Waals surface area contributed by atoms with Crippen LogP contribution in [0, 0.1) is 11.8 Å². The molecule has 2 bridgehead atoms. The van der Waals surface area contributed by atoms with Gasteiger partial charge >= 0.3 is 0 Å². The van der Waals surface area contributed by atoms with Gasteiger partial charge in [-0.1, -0.05) is 31.9 Å². The minimum absolute atomic E-state index is 0.0174. The van der Waals surface area contributed by atoms with Crippen molar-refractivity contribution in [2.45, 2.75) is 81.3 Å². The Morgan fingerprint density at radius 2 is 1.81 bits per heavy atom. The Bertz CT molecular complexity index is 1140. The van der Waals surface area contributed by atoms with Crippen molar-refractivity contribution < 1.29 is 24.2 Å². The van der Waals surface area contributed by atoms with Crippen LogP contribution in [0.2, 0.25) is 0 Å². The molecule has 0 saturated carbocycles. The molecular formula is C34H49N3O5S. The highest BCUT2D eigenvalue weighted by Crippen LogP contribution is 2.66. The summed E-state index contributed by atoms with van der Waals surface area (Å²) in [5, 5.41) is 9.30. The lowest BCUT2D eigenvalue weighted by molar-refractivity contribution is -0.142. The van der Waals surface area contributed by atoms with Crippen molar-refractivity contribution >= 4 is 35.2 Å². The molecule has 2 unspecified atom stereocenters. The first-order chi connectivity index (χ1) is 20.9. The van der Waals surface area contributed by atoms with Gasteiger partial charge < -0.3 is 24.5 Å². The number of amides is 3. The first-order valence-electron chi connectivity index (χ1n) is 16.0. The van der Waals surface area contributed by atoms with Crippen molar-refractivity contribution in [2.24, 2.45) is 11.8 Å². The summed E-state index contributed by atoms with van der Waals surface area (Å²) >= 11 is 1.71. The number of aliphatic hydroxyl groups is 1. The number of carbonyl (C=O) groups excluding carboxylic acids is 3. The number of carbonyl (C=O) groups is 3. The lowest BCUT2D eigenvalue weighted by Gasteiger charge is -2.37. The quantitative estimate of drug-likeness (QED) is 0.184. The van der Waals surface area contributed by atoms with Gasteiger partial charge in [-0.05, 0) is 69.7 Å². The molecule has 0 aromatic heterocycles. The largest absolute Gasteiger partial charge is 0.494 e. The van der Waals surface area contributed by atoms with Crippen molar-refractivity contribution in [3.63, 3.8) is 0 Å². The predicted octanol–water partition coefficient (Wildman–Crippen LogP) is 5.06. The SMILES string of the molecule is C=CCN(CCCCC)C(=O)C1N(CCCCCO)C(=O)[C@@H]2[C@@H](C(=O)N(CC=C)c3ccc(OCC)cc3)[C@H]3CCC12S3. The van der Waals surface area contributed by atoms with E-state index >= 15 is 0 Å². The summed E-state index contributed by atoms with van der Waals surface area (Å²) < 4.78 is 4.97. The topological polar surface area (TPSA) is 90.4 Å². The van der Waals surface area contributed by atoms with E-state index in [4.69, 9.17) is 4.74 Å². The molecule has 3 amide bonds. The molecule has 4 rings (SSSR count). The predicted molar refractivity (Wildman–Crippen MR) is 173 cm³/mol. The summed E-state index contributed by atoms with van der Waals surface area (Å²) in [5.74, 6) is -0.507. The number of likely N-dealkylation sites (tertiary alicyclic amines) is 1. The Hall–Kier alpha value is -2.78. The smallest absolute Gasteiger partial charge is 0.247 e. The number of thioether (sulfide) groups is 1. The Kier molecular flexibility index (Phi) is 11.8. The Balaban J connectivity index is 1.67. The van der Waals surface area contributed by atoms with Crippen LogP contribution in [0.1, 0.15) is 65.2 Å². The molecular weight excluding hydrogens is 562 g/mol. The number of hydrogen-bond donors (Lipinski definition) is 1. The number of ether oxygens (including phenoxy) is 1. The third kappa shape index (κ3) is 6.68. The minimum atomic E-state index is -0.626. The van der Waals surface area contributed by atoms with Gasteiger partial charge in [0.1, 0.15) is 11.8 Å². The van der Waals surface area contributed by atoms with E-state index in [-0.39, 0.29) is 29.6 Å². The van der Waals surface area contributed by atoms with Crippen molar-refractivity contribution in [2.75, 3.05) is 44.3 Å². The standard InChI is InChI=1S/C34H49N3O5S/c1-5-9-11-22-35(20-6-2)33(41)30-34-19-18-27(43-34)28(29(34)32(40)37(30)23-12-10-13-24-38)31(39)36(21-7-3)25-14-16-26(17-15-25)42-8-4/h6-7,14-17,27-30,38H,2-3,5,8-13,18-24H2,1,4H3/t27-,28+,29+,30?,34?/m1/s1. The zero-order valence-electron chi connectivity index (χ0n) is 25.9. The fraction of sp³-hybridized carbons (Fsp3) is 0.618. The van der Waals surface area contributed by atoms with Crippen LogP contribution in [0.4, 0.5) is 5.69 Å². The van der Waals surface area contributed by atoms with E-state index in [9.17, 15) is 19.5 Å². The van der Waals surface area contributed by atoms with E-state index in [0.717, 1.165) is 50.0 Å². The van der Waals surface area contributed by atoms with E-state index in [2.05, 4.69) is 20.1 Å². The van der Waals surface area contributed by atoms with Crippen molar-refractivity contribution in [3.8, 4) is 5.75 Å². The van der Waals surface area contributed by atoms with Crippen LogP contribution >= 0.6 is 11.8 Å². The highest BCUT2D eigenvalue weighted by molar-refractivity contribution is 8.02. The van der Waals surface area contributed by atoms with Gasteiger partial charge in [-0.15, -0.1) is 24.9 Å². The van der Waals surface area contributed by atoms with Crippen LogP contribution in [0.25, 0.3) is 0 Å². The first-order valence-corrected chi connectivity index (χ1v) is 16.9. The van der Waals surface area contributed by atoms with Gasteiger partial charge in [0.25, 0.3) is 0 Å². The van der Waals surface area contributed by atoms with Crippen LogP contribution in [-0.4, -0.2) is 88.1 Å². The number of benzene rings is 1. The number of nitrogens with zero attached hydrogens (tertiary/aromatic N) is 3. The number of hydrogen-bond acceptors (Lipinski definition) is 6. The molecule has 3 aliphatic heterocycles. The Labute approximate surface area is 261 Å². The summed E-state index contributed by atoms with van der Waals surface area (Å²) in [6.07, 6.45) is 10.1. The first kappa shape index (κ1) is 33.1. The van der Waals surface area contributed by atoms with Crippen LogP contribution < -0.4 is 9.64 Å². The van der Waals surface area contributed by atoms with Gasteiger partial charge in [0.05, 0.1) is 23.2 Å². The average Bonchev–Trinajstić information content (AvgIpc) is 3.65. The zero-order chi connectivity index (χ0) is 31.0. The van der Waals surface area contributed by atoms with Crippen molar-refractivity contribution in [1.82, 2.24) is 9.80 Å². The van der Waals surface area contributed by atoms with Crippen LogP contribution in [0.15, 0.2) is 49.6 Å². The Morgan fingerprint density at radius 3 is 2.47 bits per heavy atom. The fourth-order valence-electron chi connectivity index (χ4n) is 7.22. The molecule has 43 heavy (non-hydrogen) atoms. The second kappa shape index (κ2) is 15.3. The highest BCUT2D eigenvalue weighted by Gasteiger charge is 2.74. The maximum atomic E-state index is 14.4. The molecule has 236 valence electrons. The second-order valence-electron chi connectivity index (χ2n) is 11.8. The molecule has 3 fully saturated rings. The van der Waals surface area contributed by atoms with Crippen LogP contribution in [0.5, 0.6) is 5.75 Å². The molecule has 9 heteroatoms. The van der Waals surface area contributed by atoms with E-state index in [1.54, 1.807) is 33.7 Å². The zero-order valence-corrected chi connectivity index (χ0v) is 26.7. The number of aliphatic hydroxyl groups excluding tert-OH is 1. The van der Waals surface area contributed by atoms with Gasteiger partial charge in [-0.3, -0.25) is 14.4 Å². The lowest BCUT2D eigenvalue weighted by atomic mass is 9.70. The minimum Gasteiger partial charge on any atom is -0.494 e. The summed E-state index contributed by atoms with van der Waals surface area (Å²) in [6.45, 7) is 14.4. The number of fused-ring (bicyclic) bond motifs is 1. The lowest BCUT2D eigenvalue weighted by Crippen LogP contribution is -2.55. The molecule has 1 aromatic rings. The van der Waals surface area contributed by atoms with Crippen LogP contribution in [-0.2, 0) is 14.4 Å². The molecule has 8 nitrogen and oxygen atoms in total. The molecule has 3 saturated heterocycles. The summed E-state index contributed by atoms with van der Waals surface area (Å²) in [7, 11) is 0. The average molecular weight is 612 g/mol. The van der Waals surface area contributed by atoms with Gasteiger partial charge in [-0.2, -0.15) is 0 Å². The van der Waals surface area contributed by atoms with Gasteiger partial charge in [-0.25, -0.2) is 0 Å². The number of rotatable bonds is 18. The highest BCUT2D eigenvalue weighted by atomic mass is 32.2. The maximum Gasteiger partial charge on any atom is 0.247 e. The number of anilines is 1. The van der Waals surface area contributed by atoms with Gasteiger partial charge in [0.15, 0.2) is 0 Å². The molecule has 3 heterocycles. The third-order valence-corrected chi connectivity index (χ3v) is 11.1. The molecule has 5 atom stereocenters. The molecule has 1 spiro atoms. The molecule has 1 aromatic carbocycles. The fourth-order valence-corrected chi connectivity index (χ4v) is 9.43. The summed E-state index contributed by atoms with van der Waals surface area (Å²) in [6, 6.07) is 6.86. The molecule has 1 N–H and O–H groups in total. The van der Waals surface area contributed by atoms with Gasteiger partial charge in [0, 0.05) is 43.7 Å².